The molecule has 5 aliphatic rings. The number of aliphatic hydroxyl groups is 1. The van der Waals surface area contributed by atoms with Gasteiger partial charge in [-0.05, 0) is 129 Å². The fraction of sp³-hybridized carbons (Fsp3) is 0.609. The van der Waals surface area contributed by atoms with Crippen molar-refractivity contribution in [2.75, 3.05) is 7.11 Å². The Bertz CT molecular complexity index is 1580. The summed E-state index contributed by atoms with van der Waals surface area (Å²) in [6.07, 6.45) is 19.4. The molecule has 5 aliphatic carbocycles. The molecule has 272 valence electrons. The number of fused-ring (bicyclic) bond motifs is 4. The van der Waals surface area contributed by atoms with E-state index < -0.39 is 0 Å². The number of ether oxygens (including phenoxy) is 1. The number of hydrogen-bond acceptors (Lipinski definition) is 4. The lowest BCUT2D eigenvalue weighted by Crippen LogP contribution is -2.55. The third kappa shape index (κ3) is 6.59. The summed E-state index contributed by atoms with van der Waals surface area (Å²) in [5.41, 5.74) is 7.76. The summed E-state index contributed by atoms with van der Waals surface area (Å²) in [4.78, 5) is 23.8. The van der Waals surface area contributed by atoms with Crippen LogP contribution in [0.4, 0.5) is 0 Å². The van der Waals surface area contributed by atoms with E-state index in [-0.39, 0.29) is 34.8 Å². The van der Waals surface area contributed by atoms with Gasteiger partial charge in [-0.25, -0.2) is 0 Å². The summed E-state index contributed by atoms with van der Waals surface area (Å²) < 4.78 is 4.86. The van der Waals surface area contributed by atoms with Crippen LogP contribution in [0.25, 0.3) is 0 Å². The van der Waals surface area contributed by atoms with E-state index >= 15 is 0 Å². The number of methoxy groups -OCH3 is 1. The summed E-state index contributed by atoms with van der Waals surface area (Å²) in [5, 5.41) is 10.8. The van der Waals surface area contributed by atoms with Crippen molar-refractivity contribution in [3.05, 3.63) is 94.8 Å². The van der Waals surface area contributed by atoms with Gasteiger partial charge in [0.15, 0.2) is 11.5 Å². The smallest absolute Gasteiger partial charge is 0.220 e. The molecule has 6 rings (SSSR count). The summed E-state index contributed by atoms with van der Waals surface area (Å²) in [5.74, 6) is 1.60. The highest BCUT2D eigenvalue weighted by Gasteiger charge is 2.63. The molecule has 0 radical (unpaired) electrons. The van der Waals surface area contributed by atoms with Crippen LogP contribution in [0, 0.1) is 39.4 Å². The Labute approximate surface area is 303 Å². The average Bonchev–Trinajstić information content (AvgIpc) is 3.36. The lowest BCUT2D eigenvalue weighted by atomic mass is 9.43. The van der Waals surface area contributed by atoms with Gasteiger partial charge in [-0.1, -0.05) is 101 Å². The maximum Gasteiger partial charge on any atom is 0.220 e. The molecular formula is C46H64O4. The van der Waals surface area contributed by atoms with Crippen LogP contribution in [0.3, 0.4) is 0 Å². The Morgan fingerprint density at radius 3 is 2.28 bits per heavy atom. The Balaban J connectivity index is 0.000000219. The molecule has 0 aliphatic heterocycles. The number of carbonyl (C=O) groups is 2. The lowest BCUT2D eigenvalue weighted by molar-refractivity contribution is -0.117. The van der Waals surface area contributed by atoms with Crippen molar-refractivity contribution in [2.24, 2.45) is 39.4 Å². The average molecular weight is 681 g/mol. The molecule has 1 aromatic rings. The van der Waals surface area contributed by atoms with Crippen LogP contribution >= 0.6 is 0 Å². The van der Waals surface area contributed by atoms with E-state index in [1.165, 1.54) is 82.6 Å². The van der Waals surface area contributed by atoms with Gasteiger partial charge in [0.25, 0.3) is 0 Å². The van der Waals surface area contributed by atoms with Gasteiger partial charge in [-0.15, -0.1) is 6.58 Å². The highest BCUT2D eigenvalue weighted by atomic mass is 16.5. The Kier molecular flexibility index (Phi) is 11.1. The molecule has 1 N–H and O–H groups in total. The number of allylic oxidation sites excluding steroid dienone is 8. The molecule has 4 heteroatoms. The predicted molar refractivity (Wildman–Crippen MR) is 205 cm³/mol. The van der Waals surface area contributed by atoms with Gasteiger partial charge >= 0.3 is 0 Å². The fourth-order valence-electron chi connectivity index (χ4n) is 11.5. The van der Waals surface area contributed by atoms with Crippen molar-refractivity contribution in [1.29, 1.82) is 0 Å². The largest absolute Gasteiger partial charge is 0.493 e. The number of ketones is 2. The number of carbonyl (C=O) groups excluding carboxylic acids is 2. The standard InChI is InChI=1S/C30H50O.C16H14O3/c1-20(2)10-9-11-21(3)22-14-18-30(8)24-12-13-25-27(4,5)26(31)16-17-28(25,6)23(24)15-19-29(22,30)7;1-3-12(11-7-5-4-6-8-11)13-9-15(18)16(19-2)10-14(13)17/h10,21-22,25-26,31H,9,11-19H2,1-8H3;3-10,12H,1H2,2H3. The SMILES string of the molecule is C=CC(C1=CC(=O)C(OC)=CC1=O)c1ccccc1.CC(C)=CCCC(C)C1CCC2(C)C3=C(CCC12C)C1(C)CCC(O)C(C)(C)C1CC3. The second kappa shape index (κ2) is 14.6. The maximum absolute atomic E-state index is 12.1. The van der Waals surface area contributed by atoms with E-state index in [1.54, 1.807) is 6.08 Å². The minimum atomic E-state index is -0.292. The molecule has 8 atom stereocenters. The zero-order valence-electron chi connectivity index (χ0n) is 32.5. The first-order chi connectivity index (χ1) is 23.5. The first kappa shape index (κ1) is 38.3. The van der Waals surface area contributed by atoms with Crippen molar-refractivity contribution in [3.8, 4) is 0 Å². The fourth-order valence-corrected chi connectivity index (χ4v) is 11.5. The van der Waals surface area contributed by atoms with Gasteiger partial charge in [0.05, 0.1) is 13.2 Å². The Morgan fingerprint density at radius 1 is 0.940 bits per heavy atom. The van der Waals surface area contributed by atoms with Crippen molar-refractivity contribution < 1.29 is 19.4 Å². The monoisotopic (exact) mass is 680 g/mol. The zero-order valence-corrected chi connectivity index (χ0v) is 32.5. The van der Waals surface area contributed by atoms with Gasteiger partial charge in [0.2, 0.25) is 5.78 Å². The molecule has 4 nitrogen and oxygen atoms in total. The van der Waals surface area contributed by atoms with Gasteiger partial charge in [-0.2, -0.15) is 0 Å². The number of hydrogen-bond donors (Lipinski definition) is 1. The van der Waals surface area contributed by atoms with Crippen molar-refractivity contribution in [2.45, 2.75) is 132 Å². The Morgan fingerprint density at radius 2 is 1.64 bits per heavy atom. The minimum absolute atomic E-state index is 0.0465. The quantitative estimate of drug-likeness (QED) is 0.219. The molecule has 50 heavy (non-hydrogen) atoms. The van der Waals surface area contributed by atoms with Crippen LogP contribution in [0.1, 0.15) is 131 Å². The van der Waals surface area contributed by atoms with Crippen LogP contribution < -0.4 is 0 Å². The molecule has 0 bridgehead atoms. The van der Waals surface area contributed by atoms with Crippen molar-refractivity contribution in [3.63, 3.8) is 0 Å². The van der Waals surface area contributed by atoms with E-state index in [0.29, 0.717) is 27.7 Å². The molecule has 8 unspecified atom stereocenters. The molecule has 0 aromatic heterocycles. The first-order valence-corrected chi connectivity index (χ1v) is 19.3. The highest BCUT2D eigenvalue weighted by molar-refractivity contribution is 6.19. The van der Waals surface area contributed by atoms with E-state index in [9.17, 15) is 14.7 Å². The molecule has 2 fully saturated rings. The van der Waals surface area contributed by atoms with Gasteiger partial charge in [-0.3, -0.25) is 9.59 Å². The molecule has 0 heterocycles. The minimum Gasteiger partial charge on any atom is -0.493 e. The molecule has 1 aromatic carbocycles. The number of aliphatic hydroxyl groups excluding tert-OH is 1. The highest BCUT2D eigenvalue weighted by Crippen LogP contribution is 2.72. The van der Waals surface area contributed by atoms with Crippen molar-refractivity contribution in [1.82, 2.24) is 0 Å². The van der Waals surface area contributed by atoms with Gasteiger partial charge in [0, 0.05) is 17.6 Å². The first-order valence-electron chi connectivity index (χ1n) is 19.3. The summed E-state index contributed by atoms with van der Waals surface area (Å²) >= 11 is 0. The summed E-state index contributed by atoms with van der Waals surface area (Å²) in [6, 6.07) is 9.48. The normalized spacial score (nSPS) is 34.1. The van der Waals surface area contributed by atoms with Gasteiger partial charge < -0.3 is 9.84 Å². The van der Waals surface area contributed by atoms with Crippen LogP contribution in [0.5, 0.6) is 0 Å². The van der Waals surface area contributed by atoms with Gasteiger partial charge in [0.1, 0.15) is 0 Å². The second-order valence-corrected chi connectivity index (χ2v) is 17.7. The topological polar surface area (TPSA) is 63.6 Å². The van der Waals surface area contributed by atoms with Crippen molar-refractivity contribution >= 4 is 11.6 Å². The predicted octanol–water partition coefficient (Wildman–Crippen LogP) is 11.0. The molecule has 0 amide bonds. The third-order valence-electron chi connectivity index (χ3n) is 14.7. The number of rotatable bonds is 8. The molecule has 2 saturated carbocycles. The second-order valence-electron chi connectivity index (χ2n) is 17.7. The van der Waals surface area contributed by atoms with E-state index in [0.717, 1.165) is 23.8 Å². The maximum atomic E-state index is 12.1. The molecule has 0 saturated heterocycles. The number of benzene rings is 1. The van der Waals surface area contributed by atoms with Crippen LogP contribution in [0.2, 0.25) is 0 Å². The van der Waals surface area contributed by atoms with E-state index in [4.69, 9.17) is 4.74 Å². The summed E-state index contributed by atoms with van der Waals surface area (Å²) in [7, 11) is 1.37. The third-order valence-corrected chi connectivity index (χ3v) is 14.7. The van der Waals surface area contributed by atoms with E-state index in [2.05, 4.69) is 68.0 Å². The molecular weight excluding hydrogens is 617 g/mol. The van der Waals surface area contributed by atoms with Crippen LogP contribution in [0.15, 0.2) is 89.3 Å². The molecule has 0 spiro atoms. The lowest BCUT2D eigenvalue weighted by Gasteiger charge is -2.62. The van der Waals surface area contributed by atoms with Crippen LogP contribution in [-0.4, -0.2) is 29.9 Å². The summed E-state index contributed by atoms with van der Waals surface area (Å²) in [6.45, 7) is 23.4. The van der Waals surface area contributed by atoms with E-state index in [1.807, 2.05) is 41.5 Å². The van der Waals surface area contributed by atoms with Crippen LogP contribution in [-0.2, 0) is 14.3 Å². The zero-order chi connectivity index (χ0) is 36.6. The Hall–Kier alpha value is -2.98.